The third-order valence-corrected chi connectivity index (χ3v) is 8.17. The Bertz CT molecular complexity index is 1390. The summed E-state index contributed by atoms with van der Waals surface area (Å²) < 4.78 is 12.8. The van der Waals surface area contributed by atoms with Crippen LogP contribution in [0.4, 0.5) is 16.2 Å². The van der Waals surface area contributed by atoms with Gasteiger partial charge in [-0.2, -0.15) is 0 Å². The monoisotopic (exact) mass is 566 g/mol. The molecule has 1 aromatic heterocycles. The minimum atomic E-state index is -0.168. The number of aromatic nitrogens is 2. The van der Waals surface area contributed by atoms with E-state index in [0.29, 0.717) is 56.1 Å². The van der Waals surface area contributed by atoms with Crippen LogP contribution in [0.2, 0.25) is 0 Å². The highest BCUT2D eigenvalue weighted by atomic mass is 32.2. The summed E-state index contributed by atoms with van der Waals surface area (Å²) in [6, 6.07) is 8.09. The van der Waals surface area contributed by atoms with E-state index >= 15 is 0 Å². The SMILES string of the molecule is CCc1nc(CC2=CC=C(OC)C(OC)C2)n(CCNc2ccc(/C(C)=C3/CNC(=O)S3)cc2)c(=O)c1N(C)N. The van der Waals surface area contributed by atoms with Gasteiger partial charge in [0.05, 0.1) is 19.3 Å². The van der Waals surface area contributed by atoms with Crippen molar-refractivity contribution in [3.05, 3.63) is 80.1 Å². The molecule has 40 heavy (non-hydrogen) atoms. The van der Waals surface area contributed by atoms with Crippen molar-refractivity contribution in [3.63, 3.8) is 0 Å². The molecule has 2 aromatic rings. The van der Waals surface area contributed by atoms with Crippen LogP contribution < -0.4 is 27.0 Å². The van der Waals surface area contributed by atoms with Gasteiger partial charge < -0.3 is 25.1 Å². The molecule has 1 aliphatic heterocycles. The van der Waals surface area contributed by atoms with Gasteiger partial charge in [0, 0.05) is 50.7 Å². The van der Waals surface area contributed by atoms with E-state index in [1.165, 1.54) is 16.8 Å². The number of allylic oxidation sites excluding steroid dienone is 3. The molecule has 4 N–H and O–H groups in total. The lowest BCUT2D eigenvalue weighted by Crippen LogP contribution is -2.38. The summed E-state index contributed by atoms with van der Waals surface area (Å²) in [7, 11) is 4.97. The van der Waals surface area contributed by atoms with Gasteiger partial charge in [-0.15, -0.1) is 0 Å². The molecular formula is C29H38N6O4S. The zero-order valence-electron chi connectivity index (χ0n) is 23.7. The van der Waals surface area contributed by atoms with Crippen LogP contribution >= 0.6 is 11.8 Å². The maximum atomic E-state index is 13.6. The standard InChI is InChI=1S/C29H38N6O4S/c1-6-22-27(34(3)30)28(36)35(26(33-22)16-19-7-12-23(38-4)24(15-19)39-5)14-13-31-21-10-8-20(9-11-21)18(2)25-17-32-29(37)40-25/h7-12,24,31H,6,13-17,30H2,1-5H3,(H,32,37)/b25-18-. The lowest BCUT2D eigenvalue weighted by Gasteiger charge is -2.24. The van der Waals surface area contributed by atoms with E-state index in [9.17, 15) is 9.59 Å². The number of rotatable bonds is 11. The van der Waals surface area contributed by atoms with Crippen LogP contribution in [0.5, 0.6) is 0 Å². The minimum Gasteiger partial charge on any atom is -0.498 e. The Kier molecular flexibility index (Phi) is 9.72. The molecular weight excluding hydrogens is 528 g/mol. The van der Waals surface area contributed by atoms with E-state index in [4.69, 9.17) is 20.3 Å². The molecule has 0 spiro atoms. The number of amides is 1. The number of nitrogens with two attached hydrogens (primary N) is 1. The number of carbonyl (C=O) groups excluding carboxylic acids is 1. The molecule has 1 aromatic carbocycles. The normalized spacial score (nSPS) is 18.1. The first-order valence-corrected chi connectivity index (χ1v) is 14.1. The molecule has 0 saturated carbocycles. The van der Waals surface area contributed by atoms with Gasteiger partial charge in [0.1, 0.15) is 23.4 Å². The van der Waals surface area contributed by atoms with Crippen LogP contribution in [0.15, 0.2) is 57.4 Å². The number of nitrogens with one attached hydrogen (secondary N) is 2. The smallest absolute Gasteiger partial charge is 0.283 e. The van der Waals surface area contributed by atoms with Gasteiger partial charge in [-0.3, -0.25) is 14.2 Å². The Balaban J connectivity index is 1.54. The van der Waals surface area contributed by atoms with E-state index in [-0.39, 0.29) is 16.9 Å². The van der Waals surface area contributed by atoms with Crippen LogP contribution in [-0.2, 0) is 28.9 Å². The topological polar surface area (TPSA) is 124 Å². The maximum Gasteiger partial charge on any atom is 0.283 e. The number of anilines is 2. The van der Waals surface area contributed by atoms with Gasteiger partial charge in [-0.05, 0) is 54.5 Å². The summed E-state index contributed by atoms with van der Waals surface area (Å²) >= 11 is 1.25. The number of thioether (sulfide) groups is 1. The first-order chi connectivity index (χ1) is 19.2. The van der Waals surface area contributed by atoms with Crippen LogP contribution in [0.1, 0.15) is 37.4 Å². The van der Waals surface area contributed by atoms with Crippen molar-refractivity contribution >= 4 is 33.9 Å². The highest BCUT2D eigenvalue weighted by Crippen LogP contribution is 2.31. The number of nitrogens with zero attached hydrogens (tertiary/aromatic N) is 3. The lowest BCUT2D eigenvalue weighted by atomic mass is 9.97. The van der Waals surface area contributed by atoms with E-state index < -0.39 is 0 Å². The van der Waals surface area contributed by atoms with Crippen LogP contribution in [-0.4, -0.2) is 55.3 Å². The summed E-state index contributed by atoms with van der Waals surface area (Å²) in [5.74, 6) is 7.53. The van der Waals surface area contributed by atoms with Gasteiger partial charge in [0.25, 0.3) is 10.8 Å². The molecule has 1 unspecified atom stereocenters. The Labute approximate surface area is 239 Å². The molecule has 0 bridgehead atoms. The average Bonchev–Trinajstić information content (AvgIpc) is 3.39. The second-order valence-electron chi connectivity index (χ2n) is 9.74. The highest BCUT2D eigenvalue weighted by molar-refractivity contribution is 8.17. The molecule has 11 heteroatoms. The number of hydrogen-bond acceptors (Lipinski definition) is 9. The van der Waals surface area contributed by atoms with Crippen molar-refractivity contribution < 1.29 is 14.3 Å². The van der Waals surface area contributed by atoms with Gasteiger partial charge in [-0.1, -0.05) is 30.7 Å². The Morgan fingerprint density at radius 1 is 1.25 bits per heavy atom. The summed E-state index contributed by atoms with van der Waals surface area (Å²) in [5, 5.41) is 7.60. The van der Waals surface area contributed by atoms with E-state index in [1.807, 2.05) is 50.3 Å². The summed E-state index contributed by atoms with van der Waals surface area (Å²) in [5.41, 5.74) is 5.13. The molecule has 214 valence electrons. The van der Waals surface area contributed by atoms with E-state index in [2.05, 4.69) is 10.6 Å². The van der Waals surface area contributed by atoms with E-state index in [1.54, 1.807) is 25.8 Å². The van der Waals surface area contributed by atoms with Crippen LogP contribution in [0, 0.1) is 0 Å². The summed E-state index contributed by atoms with van der Waals surface area (Å²) in [4.78, 5) is 31.1. The molecule has 1 saturated heterocycles. The zero-order chi connectivity index (χ0) is 28.8. The average molecular weight is 567 g/mol. The van der Waals surface area contributed by atoms with Crippen LogP contribution in [0.25, 0.3) is 5.57 Å². The fourth-order valence-electron chi connectivity index (χ4n) is 4.91. The molecule has 1 aliphatic carbocycles. The third-order valence-electron chi connectivity index (χ3n) is 7.15. The van der Waals surface area contributed by atoms with Crippen molar-refractivity contribution in [2.24, 2.45) is 5.84 Å². The molecule has 2 heterocycles. The fourth-order valence-corrected chi connectivity index (χ4v) is 5.69. The number of ether oxygens (including phenoxy) is 2. The first kappa shape index (κ1) is 29.4. The molecule has 1 amide bonds. The molecule has 1 fully saturated rings. The highest BCUT2D eigenvalue weighted by Gasteiger charge is 2.23. The first-order valence-electron chi connectivity index (χ1n) is 13.3. The van der Waals surface area contributed by atoms with Gasteiger partial charge in [0.2, 0.25) is 0 Å². The molecule has 10 nitrogen and oxygen atoms in total. The molecule has 1 atom stereocenters. The molecule has 0 radical (unpaired) electrons. The van der Waals surface area contributed by atoms with Crippen molar-refractivity contribution in [2.75, 3.05) is 44.7 Å². The minimum absolute atomic E-state index is 0.0119. The van der Waals surface area contributed by atoms with Crippen LogP contribution in [0.3, 0.4) is 0 Å². The molecule has 2 aliphatic rings. The Morgan fingerprint density at radius 2 is 2.00 bits per heavy atom. The van der Waals surface area contributed by atoms with Crippen molar-refractivity contribution in [1.29, 1.82) is 0 Å². The van der Waals surface area contributed by atoms with Crippen molar-refractivity contribution in [2.45, 2.75) is 45.8 Å². The fraction of sp³-hybridized carbons (Fsp3) is 0.414. The number of carbonyl (C=O) groups is 1. The zero-order valence-corrected chi connectivity index (χ0v) is 24.6. The second kappa shape index (κ2) is 13.2. The largest absolute Gasteiger partial charge is 0.498 e. The van der Waals surface area contributed by atoms with Gasteiger partial charge in [-0.25, -0.2) is 10.8 Å². The second-order valence-corrected chi connectivity index (χ2v) is 10.8. The number of hydrazine groups is 1. The summed E-state index contributed by atoms with van der Waals surface area (Å²) in [6.07, 6.45) is 5.54. The Hall–Kier alpha value is -3.54. The Morgan fingerprint density at radius 3 is 2.60 bits per heavy atom. The number of hydrogen-bond donors (Lipinski definition) is 3. The lowest BCUT2D eigenvalue weighted by molar-refractivity contribution is 0.0769. The van der Waals surface area contributed by atoms with Gasteiger partial charge >= 0.3 is 0 Å². The molecule has 4 rings (SSSR count). The predicted octanol–water partition coefficient (Wildman–Crippen LogP) is 3.83. The van der Waals surface area contributed by atoms with E-state index in [0.717, 1.165) is 33.1 Å². The van der Waals surface area contributed by atoms with Crippen molar-refractivity contribution in [3.8, 4) is 0 Å². The predicted molar refractivity (Wildman–Crippen MR) is 161 cm³/mol. The summed E-state index contributed by atoms with van der Waals surface area (Å²) in [6.45, 7) is 5.51. The number of benzene rings is 1. The third kappa shape index (κ3) is 6.60. The number of aryl methyl sites for hydroxylation is 1. The number of methoxy groups -OCH3 is 2. The van der Waals surface area contributed by atoms with Crippen molar-refractivity contribution in [1.82, 2.24) is 14.9 Å². The quantitative estimate of drug-likeness (QED) is 0.275. The van der Waals surface area contributed by atoms with Gasteiger partial charge in [0.15, 0.2) is 0 Å². The maximum absolute atomic E-state index is 13.6.